The van der Waals surface area contributed by atoms with E-state index >= 15 is 0 Å². The Bertz CT molecular complexity index is 2140. The predicted molar refractivity (Wildman–Crippen MR) is 174 cm³/mol. The standard InChI is InChI=1S/C36H24BN5/c1-2-10-25(11-3-1)42-33-17-6-12-26(24-9-8-20-38-22-24)35(33)41-36(42)23-18-19-30-28(21-23)37-27-13-4-5-14-29(27)39-31-15-7-16-32(40-30)34(31)37/h1-22,39-40H. The van der Waals surface area contributed by atoms with Crippen molar-refractivity contribution in [2.24, 2.45) is 0 Å². The summed E-state index contributed by atoms with van der Waals surface area (Å²) in [7, 11) is 0. The van der Waals surface area contributed by atoms with Crippen molar-refractivity contribution in [2.75, 3.05) is 10.6 Å². The van der Waals surface area contributed by atoms with Gasteiger partial charge in [-0.25, -0.2) is 4.98 Å². The fourth-order valence-electron chi connectivity index (χ4n) is 6.67. The minimum atomic E-state index is 0.116. The first-order valence-corrected chi connectivity index (χ1v) is 14.2. The van der Waals surface area contributed by atoms with E-state index in [-0.39, 0.29) is 6.71 Å². The number of anilines is 4. The average Bonchev–Trinajstić information content (AvgIpc) is 3.45. The summed E-state index contributed by atoms with van der Waals surface area (Å²) in [6.45, 7) is 0.116. The van der Waals surface area contributed by atoms with Crippen LogP contribution in [0.4, 0.5) is 22.7 Å². The molecular formula is C36H24BN5. The van der Waals surface area contributed by atoms with Crippen molar-refractivity contribution in [3.8, 4) is 28.2 Å². The van der Waals surface area contributed by atoms with Crippen molar-refractivity contribution in [3.63, 3.8) is 0 Å². The fraction of sp³-hybridized carbons (Fsp3) is 0. The lowest BCUT2D eigenvalue weighted by molar-refractivity contribution is 1.10. The van der Waals surface area contributed by atoms with E-state index < -0.39 is 0 Å². The molecule has 0 radical (unpaired) electrons. The van der Waals surface area contributed by atoms with Crippen molar-refractivity contribution < 1.29 is 0 Å². The number of pyridine rings is 1. The summed E-state index contributed by atoms with van der Waals surface area (Å²) in [4.78, 5) is 9.74. The van der Waals surface area contributed by atoms with Gasteiger partial charge >= 0.3 is 0 Å². The molecule has 5 nitrogen and oxygen atoms in total. The minimum Gasteiger partial charge on any atom is -0.356 e. The molecule has 196 valence electrons. The molecule has 0 spiro atoms. The Morgan fingerprint density at radius 2 is 1.36 bits per heavy atom. The van der Waals surface area contributed by atoms with Gasteiger partial charge in [0.05, 0.1) is 11.0 Å². The summed E-state index contributed by atoms with van der Waals surface area (Å²) in [5, 5.41) is 7.38. The zero-order valence-electron chi connectivity index (χ0n) is 22.6. The maximum atomic E-state index is 5.36. The molecule has 2 N–H and O–H groups in total. The number of fused-ring (bicyclic) bond motifs is 5. The van der Waals surface area contributed by atoms with Crippen molar-refractivity contribution in [3.05, 3.63) is 134 Å². The van der Waals surface area contributed by atoms with E-state index in [4.69, 9.17) is 4.98 Å². The third kappa shape index (κ3) is 3.39. The van der Waals surface area contributed by atoms with E-state index in [9.17, 15) is 0 Å². The Labute approximate surface area is 243 Å². The molecule has 0 saturated heterocycles. The van der Waals surface area contributed by atoms with E-state index in [0.717, 1.165) is 62.0 Å². The maximum Gasteiger partial charge on any atom is 0.252 e. The van der Waals surface area contributed by atoms with Crippen LogP contribution in [0.5, 0.6) is 0 Å². The molecule has 0 fully saturated rings. The number of hydrogen-bond donors (Lipinski definition) is 2. The van der Waals surface area contributed by atoms with Gasteiger partial charge in [-0.05, 0) is 71.0 Å². The van der Waals surface area contributed by atoms with Crippen LogP contribution in [0.2, 0.25) is 0 Å². The van der Waals surface area contributed by atoms with E-state index in [1.807, 2.05) is 12.3 Å². The molecule has 9 rings (SSSR count). The molecule has 2 aliphatic rings. The van der Waals surface area contributed by atoms with Gasteiger partial charge in [0.2, 0.25) is 0 Å². The van der Waals surface area contributed by atoms with E-state index in [1.165, 1.54) is 16.4 Å². The summed E-state index contributed by atoms with van der Waals surface area (Å²) in [5.41, 5.74) is 14.7. The number of nitrogens with zero attached hydrogens (tertiary/aromatic N) is 3. The second kappa shape index (κ2) is 8.95. The molecule has 0 aliphatic carbocycles. The molecular weight excluding hydrogens is 513 g/mol. The van der Waals surface area contributed by atoms with Gasteiger partial charge in [-0.15, -0.1) is 0 Å². The molecule has 0 bridgehead atoms. The normalized spacial score (nSPS) is 12.6. The van der Waals surface area contributed by atoms with Crippen LogP contribution in [0.15, 0.2) is 134 Å². The fourth-order valence-corrected chi connectivity index (χ4v) is 6.67. The SMILES string of the molecule is c1ccc(-n2c(-c3ccc4c(c3)B3c5ccccc5Nc5cccc(c53)N4)nc3c(-c4cccnc4)cccc32)cc1. The van der Waals surface area contributed by atoms with Gasteiger partial charge in [0.1, 0.15) is 5.82 Å². The molecule has 6 heteroatoms. The molecule has 42 heavy (non-hydrogen) atoms. The van der Waals surface area contributed by atoms with Gasteiger partial charge in [0.25, 0.3) is 6.71 Å². The lowest BCUT2D eigenvalue weighted by Gasteiger charge is -2.34. The van der Waals surface area contributed by atoms with Gasteiger partial charge in [0.15, 0.2) is 0 Å². The van der Waals surface area contributed by atoms with Crippen LogP contribution in [0, 0.1) is 0 Å². The highest BCUT2D eigenvalue weighted by molar-refractivity contribution is 7.00. The molecule has 0 saturated carbocycles. The van der Waals surface area contributed by atoms with Gasteiger partial charge in [-0.3, -0.25) is 9.55 Å². The van der Waals surface area contributed by atoms with Crippen LogP contribution in [0.25, 0.3) is 39.2 Å². The average molecular weight is 537 g/mol. The van der Waals surface area contributed by atoms with Gasteiger partial charge in [0, 0.05) is 57.5 Å². The number of benzene rings is 5. The largest absolute Gasteiger partial charge is 0.356 e. The lowest BCUT2D eigenvalue weighted by Crippen LogP contribution is -2.59. The summed E-state index contributed by atoms with van der Waals surface area (Å²) in [6, 6.07) is 42.8. The topological polar surface area (TPSA) is 54.8 Å². The second-order valence-corrected chi connectivity index (χ2v) is 10.9. The molecule has 2 aliphatic heterocycles. The zero-order valence-corrected chi connectivity index (χ0v) is 22.6. The van der Waals surface area contributed by atoms with Crippen LogP contribution >= 0.6 is 0 Å². The number of imidazole rings is 1. The molecule has 0 amide bonds. The smallest absolute Gasteiger partial charge is 0.252 e. The number of nitrogens with one attached hydrogen (secondary N) is 2. The van der Waals surface area contributed by atoms with Crippen LogP contribution in [-0.2, 0) is 0 Å². The first kappa shape index (κ1) is 23.1. The van der Waals surface area contributed by atoms with E-state index in [0.29, 0.717) is 0 Å². The van der Waals surface area contributed by atoms with Gasteiger partial charge < -0.3 is 10.6 Å². The molecule has 0 unspecified atom stereocenters. The van der Waals surface area contributed by atoms with Gasteiger partial charge in [-0.2, -0.15) is 0 Å². The van der Waals surface area contributed by atoms with Crippen LogP contribution in [-0.4, -0.2) is 21.2 Å². The molecule has 7 aromatic rings. The van der Waals surface area contributed by atoms with Crippen molar-refractivity contribution in [2.45, 2.75) is 0 Å². The highest BCUT2D eigenvalue weighted by Gasteiger charge is 2.37. The lowest BCUT2D eigenvalue weighted by atomic mass is 9.33. The Hall–Kier alpha value is -5.62. The van der Waals surface area contributed by atoms with Crippen LogP contribution in [0.3, 0.4) is 0 Å². The van der Waals surface area contributed by atoms with Crippen molar-refractivity contribution in [1.82, 2.24) is 14.5 Å². The van der Waals surface area contributed by atoms with Crippen LogP contribution < -0.4 is 27.0 Å². The number of hydrogen-bond acceptors (Lipinski definition) is 4. The molecule has 4 heterocycles. The third-order valence-corrected chi connectivity index (χ3v) is 8.50. The Morgan fingerprint density at radius 3 is 2.19 bits per heavy atom. The highest BCUT2D eigenvalue weighted by atomic mass is 15.1. The summed E-state index contributed by atoms with van der Waals surface area (Å²) in [5.74, 6) is 0.914. The Kier molecular flexibility index (Phi) is 4.93. The Morgan fingerprint density at radius 1 is 0.595 bits per heavy atom. The quantitative estimate of drug-likeness (QED) is 0.257. The monoisotopic (exact) mass is 537 g/mol. The molecule has 2 aromatic heterocycles. The number of aromatic nitrogens is 3. The third-order valence-electron chi connectivity index (χ3n) is 8.50. The number of para-hydroxylation sites is 3. The molecule has 0 atom stereocenters. The Balaban J connectivity index is 1.30. The van der Waals surface area contributed by atoms with E-state index in [2.05, 4.69) is 135 Å². The number of rotatable bonds is 3. The van der Waals surface area contributed by atoms with E-state index in [1.54, 1.807) is 6.20 Å². The summed E-state index contributed by atoms with van der Waals surface area (Å²) in [6.07, 6.45) is 3.71. The predicted octanol–water partition coefficient (Wildman–Crippen LogP) is 6.38. The minimum absolute atomic E-state index is 0.116. The van der Waals surface area contributed by atoms with Gasteiger partial charge in [-0.1, -0.05) is 66.7 Å². The molecule has 5 aromatic carbocycles. The maximum absolute atomic E-state index is 5.36. The van der Waals surface area contributed by atoms with Crippen LogP contribution in [0.1, 0.15) is 0 Å². The summed E-state index contributed by atoms with van der Waals surface area (Å²) >= 11 is 0. The van der Waals surface area contributed by atoms with Crippen molar-refractivity contribution >= 4 is 56.9 Å². The zero-order chi connectivity index (χ0) is 27.6. The van der Waals surface area contributed by atoms with Crippen molar-refractivity contribution in [1.29, 1.82) is 0 Å². The first-order valence-electron chi connectivity index (χ1n) is 14.2. The summed E-state index contributed by atoms with van der Waals surface area (Å²) < 4.78 is 2.28. The first-order chi connectivity index (χ1) is 20.8. The highest BCUT2D eigenvalue weighted by Crippen LogP contribution is 2.36. The second-order valence-electron chi connectivity index (χ2n) is 10.9.